The highest BCUT2D eigenvalue weighted by atomic mass is 16.3. The van der Waals surface area contributed by atoms with E-state index in [0.29, 0.717) is 12.1 Å². The molecule has 18 heavy (non-hydrogen) atoms. The molecule has 1 aromatic rings. The number of aliphatic hydroxyl groups is 1. The van der Waals surface area contributed by atoms with Gasteiger partial charge in [-0.3, -0.25) is 9.59 Å². The van der Waals surface area contributed by atoms with Crippen LogP contribution in [0.25, 0.3) is 0 Å². The van der Waals surface area contributed by atoms with Crippen LogP contribution in [0.1, 0.15) is 25.0 Å². The van der Waals surface area contributed by atoms with Crippen molar-refractivity contribution in [3.63, 3.8) is 0 Å². The van der Waals surface area contributed by atoms with Gasteiger partial charge in [0.05, 0.1) is 6.54 Å². The zero-order valence-corrected chi connectivity index (χ0v) is 10.3. The van der Waals surface area contributed by atoms with Gasteiger partial charge in [-0.2, -0.15) is 0 Å². The highest BCUT2D eigenvalue weighted by molar-refractivity contribution is 5.87. The van der Waals surface area contributed by atoms with Crippen LogP contribution >= 0.6 is 0 Å². The summed E-state index contributed by atoms with van der Waals surface area (Å²) >= 11 is 0. The van der Waals surface area contributed by atoms with Crippen molar-refractivity contribution >= 4 is 11.8 Å². The van der Waals surface area contributed by atoms with Crippen molar-refractivity contribution in [1.82, 2.24) is 10.6 Å². The Balaban J connectivity index is 2.39. The lowest BCUT2D eigenvalue weighted by atomic mass is 10.1. The van der Waals surface area contributed by atoms with Crippen LogP contribution < -0.4 is 10.6 Å². The van der Waals surface area contributed by atoms with E-state index in [2.05, 4.69) is 10.6 Å². The third-order valence-corrected chi connectivity index (χ3v) is 2.36. The van der Waals surface area contributed by atoms with E-state index in [4.69, 9.17) is 0 Å². The Bertz CT molecular complexity index is 392. The summed E-state index contributed by atoms with van der Waals surface area (Å²) in [6.07, 6.45) is -0.406. The number of carbonyl (C=O) groups is 2. The van der Waals surface area contributed by atoms with E-state index in [0.717, 1.165) is 6.42 Å². The summed E-state index contributed by atoms with van der Waals surface area (Å²) in [6.45, 7) is 2.40. The number of carbonyl (C=O) groups excluding carboxylic acids is 2. The number of aliphatic hydroxyl groups excluding tert-OH is 1. The summed E-state index contributed by atoms with van der Waals surface area (Å²) in [7, 11) is 0. The number of hydrogen-bond acceptors (Lipinski definition) is 3. The zero-order valence-electron chi connectivity index (χ0n) is 10.3. The van der Waals surface area contributed by atoms with Crippen LogP contribution in [-0.4, -0.2) is 30.0 Å². The molecule has 0 saturated heterocycles. The third kappa shape index (κ3) is 4.55. The predicted molar refractivity (Wildman–Crippen MR) is 67.7 cm³/mol. The average Bonchev–Trinajstić information content (AvgIpc) is 2.42. The molecule has 1 rings (SSSR count). The largest absolute Gasteiger partial charge is 0.378 e. The first kappa shape index (κ1) is 14.2. The molecule has 5 heteroatoms. The minimum absolute atomic E-state index is 0.122. The van der Waals surface area contributed by atoms with Crippen molar-refractivity contribution in [2.75, 3.05) is 13.1 Å². The molecule has 0 fully saturated rings. The first-order valence-corrected chi connectivity index (χ1v) is 5.92. The van der Waals surface area contributed by atoms with E-state index >= 15 is 0 Å². The molecule has 1 atom stereocenters. The quantitative estimate of drug-likeness (QED) is 0.682. The summed E-state index contributed by atoms with van der Waals surface area (Å²) in [5.41, 5.74) is 0.504. The van der Waals surface area contributed by atoms with Gasteiger partial charge in [0, 0.05) is 6.54 Å². The Kier molecular flexibility index (Phi) is 5.87. The summed E-state index contributed by atoms with van der Waals surface area (Å²) < 4.78 is 0. The molecule has 0 aliphatic rings. The second-order valence-corrected chi connectivity index (χ2v) is 3.88. The van der Waals surface area contributed by atoms with Crippen LogP contribution in [0.4, 0.5) is 0 Å². The fraction of sp³-hybridized carbons (Fsp3) is 0.385. The maximum Gasteiger partial charge on any atom is 0.253 e. The fourth-order valence-electron chi connectivity index (χ4n) is 1.38. The molecule has 0 aliphatic heterocycles. The molecule has 0 bridgehead atoms. The lowest BCUT2D eigenvalue weighted by Crippen LogP contribution is -2.39. The summed E-state index contributed by atoms with van der Waals surface area (Å²) in [6, 6.07) is 8.58. The highest BCUT2D eigenvalue weighted by Crippen LogP contribution is 2.11. The van der Waals surface area contributed by atoms with Gasteiger partial charge in [-0.05, 0) is 12.0 Å². The van der Waals surface area contributed by atoms with E-state index in [9.17, 15) is 14.7 Å². The van der Waals surface area contributed by atoms with Gasteiger partial charge in [0.25, 0.3) is 5.91 Å². The van der Waals surface area contributed by atoms with E-state index in [1.807, 2.05) is 6.92 Å². The lowest BCUT2D eigenvalue weighted by molar-refractivity contribution is -0.132. The average molecular weight is 250 g/mol. The molecule has 1 aromatic carbocycles. The second-order valence-electron chi connectivity index (χ2n) is 3.88. The van der Waals surface area contributed by atoms with E-state index < -0.39 is 12.0 Å². The van der Waals surface area contributed by atoms with Gasteiger partial charge in [0.1, 0.15) is 0 Å². The number of rotatable bonds is 6. The minimum Gasteiger partial charge on any atom is -0.378 e. The van der Waals surface area contributed by atoms with Gasteiger partial charge in [-0.1, -0.05) is 37.3 Å². The molecule has 3 N–H and O–H groups in total. The Morgan fingerprint density at radius 2 is 1.89 bits per heavy atom. The van der Waals surface area contributed by atoms with Gasteiger partial charge in [0.15, 0.2) is 6.10 Å². The van der Waals surface area contributed by atoms with Crippen LogP contribution in [0.3, 0.4) is 0 Å². The Hall–Kier alpha value is -1.88. The topological polar surface area (TPSA) is 78.4 Å². The third-order valence-electron chi connectivity index (χ3n) is 2.36. The monoisotopic (exact) mass is 250 g/mol. The molecule has 98 valence electrons. The standard InChI is InChI=1S/C13H18N2O3/c1-2-8-14-11(16)9-15-13(18)12(17)10-6-4-3-5-7-10/h3-7,12,17H,2,8-9H2,1H3,(H,14,16)(H,15,18). The van der Waals surface area contributed by atoms with Crippen molar-refractivity contribution in [3.05, 3.63) is 35.9 Å². The lowest BCUT2D eigenvalue weighted by Gasteiger charge is -2.11. The smallest absolute Gasteiger partial charge is 0.253 e. The van der Waals surface area contributed by atoms with Crippen LogP contribution in [0.15, 0.2) is 30.3 Å². The second kappa shape index (κ2) is 7.45. The molecule has 0 spiro atoms. The fourth-order valence-corrected chi connectivity index (χ4v) is 1.38. The molecule has 0 aromatic heterocycles. The van der Waals surface area contributed by atoms with E-state index in [1.54, 1.807) is 30.3 Å². The summed E-state index contributed by atoms with van der Waals surface area (Å²) in [4.78, 5) is 22.8. The maximum atomic E-state index is 11.6. The molecule has 0 radical (unpaired) electrons. The van der Waals surface area contributed by atoms with Crippen molar-refractivity contribution < 1.29 is 14.7 Å². The summed E-state index contributed by atoms with van der Waals surface area (Å²) in [5, 5.41) is 14.8. The van der Waals surface area contributed by atoms with Crippen LogP contribution in [-0.2, 0) is 9.59 Å². The van der Waals surface area contributed by atoms with Gasteiger partial charge in [0.2, 0.25) is 5.91 Å². The Morgan fingerprint density at radius 3 is 2.50 bits per heavy atom. The minimum atomic E-state index is -1.25. The molecular weight excluding hydrogens is 232 g/mol. The summed E-state index contributed by atoms with van der Waals surface area (Å²) in [5.74, 6) is -0.835. The molecule has 1 unspecified atom stereocenters. The van der Waals surface area contributed by atoms with Gasteiger partial charge in [-0.25, -0.2) is 0 Å². The Morgan fingerprint density at radius 1 is 1.22 bits per heavy atom. The molecular formula is C13H18N2O3. The van der Waals surface area contributed by atoms with Crippen molar-refractivity contribution in [3.8, 4) is 0 Å². The molecule has 5 nitrogen and oxygen atoms in total. The first-order valence-electron chi connectivity index (χ1n) is 5.92. The van der Waals surface area contributed by atoms with Crippen molar-refractivity contribution in [2.45, 2.75) is 19.4 Å². The van der Waals surface area contributed by atoms with Crippen molar-refractivity contribution in [2.24, 2.45) is 0 Å². The predicted octanol–water partition coefficient (Wildman–Crippen LogP) is 0.362. The number of hydrogen-bond donors (Lipinski definition) is 3. The van der Waals surface area contributed by atoms with Crippen molar-refractivity contribution in [1.29, 1.82) is 0 Å². The maximum absolute atomic E-state index is 11.6. The van der Waals surface area contributed by atoms with Crippen LogP contribution in [0.5, 0.6) is 0 Å². The Labute approximate surface area is 106 Å². The molecule has 0 saturated carbocycles. The zero-order chi connectivity index (χ0) is 13.4. The number of benzene rings is 1. The molecule has 0 heterocycles. The van der Waals surface area contributed by atoms with E-state index in [-0.39, 0.29) is 12.5 Å². The van der Waals surface area contributed by atoms with E-state index in [1.165, 1.54) is 0 Å². The number of nitrogens with one attached hydrogen (secondary N) is 2. The van der Waals surface area contributed by atoms with Crippen LogP contribution in [0, 0.1) is 0 Å². The SMILES string of the molecule is CCCNC(=O)CNC(=O)C(O)c1ccccc1. The van der Waals surface area contributed by atoms with Gasteiger partial charge >= 0.3 is 0 Å². The highest BCUT2D eigenvalue weighted by Gasteiger charge is 2.17. The van der Waals surface area contributed by atoms with Gasteiger partial charge in [-0.15, -0.1) is 0 Å². The van der Waals surface area contributed by atoms with Gasteiger partial charge < -0.3 is 15.7 Å². The normalized spacial score (nSPS) is 11.7. The number of amides is 2. The van der Waals surface area contributed by atoms with Crippen LogP contribution in [0.2, 0.25) is 0 Å². The molecule has 0 aliphatic carbocycles. The first-order chi connectivity index (χ1) is 8.65. The molecule has 2 amide bonds.